The van der Waals surface area contributed by atoms with Gasteiger partial charge in [0.05, 0.1) is 19.0 Å². The fourth-order valence-electron chi connectivity index (χ4n) is 1.13. The fraction of sp³-hybridized carbons (Fsp3) is 0.100. The van der Waals surface area contributed by atoms with Gasteiger partial charge in [-0.15, -0.1) is 10.2 Å². The van der Waals surface area contributed by atoms with Gasteiger partial charge in [-0.3, -0.25) is 0 Å². The van der Waals surface area contributed by atoms with Crippen LogP contribution in [-0.4, -0.2) is 22.3 Å². The summed E-state index contributed by atoms with van der Waals surface area (Å²) >= 11 is 0. The van der Waals surface area contributed by atoms with Crippen LogP contribution in [-0.2, 0) is 0 Å². The topological polar surface area (TPSA) is 86.0 Å². The number of hydrogen-bond donors (Lipinski definition) is 2. The summed E-state index contributed by atoms with van der Waals surface area (Å²) in [5.74, 6) is 1.56. The highest BCUT2D eigenvalue weighted by atomic mass is 16.5. The lowest BCUT2D eigenvalue weighted by Crippen LogP contribution is -1.98. The van der Waals surface area contributed by atoms with Gasteiger partial charge in [-0.2, -0.15) is 0 Å². The van der Waals surface area contributed by atoms with Crippen LogP contribution in [0.1, 0.15) is 0 Å². The third kappa shape index (κ3) is 2.35. The number of hydrogen-bond acceptors (Lipinski definition) is 6. The smallest absolute Gasteiger partial charge is 0.213 e. The third-order valence-corrected chi connectivity index (χ3v) is 1.90. The van der Waals surface area contributed by atoms with E-state index in [0.717, 1.165) is 5.69 Å². The molecule has 2 aromatic rings. The number of methoxy groups -OCH3 is 1. The Labute approximate surface area is 92.5 Å². The first-order valence-corrected chi connectivity index (χ1v) is 4.64. The van der Waals surface area contributed by atoms with E-state index in [0.29, 0.717) is 17.5 Å². The molecule has 0 saturated carbocycles. The van der Waals surface area contributed by atoms with Crippen LogP contribution in [0.15, 0.2) is 30.5 Å². The molecule has 0 amide bonds. The van der Waals surface area contributed by atoms with Crippen molar-refractivity contribution < 1.29 is 4.74 Å². The predicted octanol–water partition coefficient (Wildman–Crippen LogP) is 1.21. The SMILES string of the molecule is COc1ccc(Nc2ccc(N)nn2)cn1. The monoisotopic (exact) mass is 217 g/mol. The van der Waals surface area contributed by atoms with E-state index in [9.17, 15) is 0 Å². The van der Waals surface area contributed by atoms with Gasteiger partial charge in [-0.25, -0.2) is 4.98 Å². The van der Waals surface area contributed by atoms with E-state index in [1.165, 1.54) is 0 Å². The van der Waals surface area contributed by atoms with Gasteiger partial charge in [-0.1, -0.05) is 0 Å². The summed E-state index contributed by atoms with van der Waals surface area (Å²) in [5, 5.41) is 10.6. The molecule has 2 aromatic heterocycles. The molecule has 0 aliphatic carbocycles. The first-order valence-electron chi connectivity index (χ1n) is 4.64. The van der Waals surface area contributed by atoms with Crippen molar-refractivity contribution in [1.82, 2.24) is 15.2 Å². The van der Waals surface area contributed by atoms with Gasteiger partial charge in [0, 0.05) is 6.07 Å². The van der Waals surface area contributed by atoms with E-state index in [4.69, 9.17) is 10.5 Å². The molecule has 0 aliphatic heterocycles. The van der Waals surface area contributed by atoms with Crippen molar-refractivity contribution >= 4 is 17.3 Å². The second-order valence-electron chi connectivity index (χ2n) is 3.06. The quantitative estimate of drug-likeness (QED) is 0.803. The van der Waals surface area contributed by atoms with Crippen LogP contribution >= 0.6 is 0 Å². The normalized spacial score (nSPS) is 9.81. The Morgan fingerprint density at radius 1 is 1.19 bits per heavy atom. The molecule has 6 heteroatoms. The van der Waals surface area contributed by atoms with Crippen molar-refractivity contribution in [2.45, 2.75) is 0 Å². The van der Waals surface area contributed by atoms with E-state index >= 15 is 0 Å². The van der Waals surface area contributed by atoms with Gasteiger partial charge in [0.25, 0.3) is 0 Å². The zero-order chi connectivity index (χ0) is 11.4. The lowest BCUT2D eigenvalue weighted by Gasteiger charge is -2.04. The van der Waals surface area contributed by atoms with E-state index in [1.807, 2.05) is 6.07 Å². The molecular weight excluding hydrogens is 206 g/mol. The molecular formula is C10H11N5O. The number of nitrogens with two attached hydrogens (primary N) is 1. The van der Waals surface area contributed by atoms with Gasteiger partial charge in [0.1, 0.15) is 5.82 Å². The summed E-state index contributed by atoms with van der Waals surface area (Å²) in [4.78, 5) is 4.05. The van der Waals surface area contributed by atoms with Crippen LogP contribution in [0, 0.1) is 0 Å². The maximum Gasteiger partial charge on any atom is 0.213 e. The predicted molar refractivity (Wildman–Crippen MR) is 60.5 cm³/mol. The molecule has 2 heterocycles. The summed E-state index contributed by atoms with van der Waals surface area (Å²) < 4.78 is 4.95. The van der Waals surface area contributed by atoms with Crippen molar-refractivity contribution in [1.29, 1.82) is 0 Å². The van der Waals surface area contributed by atoms with Gasteiger partial charge in [-0.05, 0) is 18.2 Å². The summed E-state index contributed by atoms with van der Waals surface area (Å²) in [6.07, 6.45) is 1.65. The summed E-state index contributed by atoms with van der Waals surface area (Å²) in [6.45, 7) is 0. The molecule has 82 valence electrons. The van der Waals surface area contributed by atoms with E-state index in [-0.39, 0.29) is 0 Å². The van der Waals surface area contributed by atoms with Gasteiger partial charge >= 0.3 is 0 Å². The van der Waals surface area contributed by atoms with Crippen LogP contribution < -0.4 is 15.8 Å². The highest BCUT2D eigenvalue weighted by molar-refractivity contribution is 5.55. The van der Waals surface area contributed by atoms with Gasteiger partial charge in [0.15, 0.2) is 5.82 Å². The van der Waals surface area contributed by atoms with E-state index in [1.54, 1.807) is 31.5 Å². The van der Waals surface area contributed by atoms with Gasteiger partial charge in [0.2, 0.25) is 5.88 Å². The van der Waals surface area contributed by atoms with Crippen molar-refractivity contribution in [2.75, 3.05) is 18.2 Å². The Bertz CT molecular complexity index is 454. The molecule has 0 saturated heterocycles. The molecule has 3 N–H and O–H groups in total. The number of nitrogen functional groups attached to an aromatic ring is 1. The molecule has 0 unspecified atom stereocenters. The molecule has 0 bridgehead atoms. The Balaban J connectivity index is 2.11. The molecule has 0 aliphatic rings. The highest BCUT2D eigenvalue weighted by Gasteiger charge is 1.98. The maximum atomic E-state index is 5.43. The van der Waals surface area contributed by atoms with Crippen molar-refractivity contribution in [2.24, 2.45) is 0 Å². The van der Waals surface area contributed by atoms with E-state index < -0.39 is 0 Å². The van der Waals surface area contributed by atoms with Crippen LogP contribution in [0.4, 0.5) is 17.3 Å². The molecule has 0 radical (unpaired) electrons. The lowest BCUT2D eigenvalue weighted by molar-refractivity contribution is 0.398. The average molecular weight is 217 g/mol. The fourth-order valence-corrected chi connectivity index (χ4v) is 1.13. The Kier molecular flexibility index (Phi) is 2.81. The number of pyridine rings is 1. The summed E-state index contributed by atoms with van der Waals surface area (Å²) in [5.41, 5.74) is 6.23. The van der Waals surface area contributed by atoms with Gasteiger partial charge < -0.3 is 15.8 Å². The molecule has 0 aromatic carbocycles. The Hall–Kier alpha value is -2.37. The number of nitrogens with zero attached hydrogens (tertiary/aromatic N) is 3. The summed E-state index contributed by atoms with van der Waals surface area (Å²) in [7, 11) is 1.57. The number of nitrogens with one attached hydrogen (secondary N) is 1. The standard InChI is InChI=1S/C10H11N5O/c1-16-10-5-2-7(6-12-10)13-9-4-3-8(11)14-15-9/h2-6H,1H3,(H2,11,14)(H,13,15). The largest absolute Gasteiger partial charge is 0.481 e. The Morgan fingerprint density at radius 3 is 2.62 bits per heavy atom. The zero-order valence-corrected chi connectivity index (χ0v) is 8.71. The van der Waals surface area contributed by atoms with Crippen molar-refractivity contribution in [3.05, 3.63) is 30.5 Å². The first-order chi connectivity index (χ1) is 7.78. The minimum Gasteiger partial charge on any atom is -0.481 e. The second kappa shape index (κ2) is 4.43. The zero-order valence-electron chi connectivity index (χ0n) is 8.71. The number of anilines is 3. The van der Waals surface area contributed by atoms with Crippen LogP contribution in [0.5, 0.6) is 5.88 Å². The average Bonchev–Trinajstić information content (AvgIpc) is 2.33. The van der Waals surface area contributed by atoms with Crippen LogP contribution in [0.25, 0.3) is 0 Å². The number of rotatable bonds is 3. The maximum absolute atomic E-state index is 5.43. The second-order valence-corrected chi connectivity index (χ2v) is 3.06. The molecule has 0 fully saturated rings. The van der Waals surface area contributed by atoms with Crippen molar-refractivity contribution in [3.8, 4) is 5.88 Å². The lowest BCUT2D eigenvalue weighted by atomic mass is 10.4. The minimum absolute atomic E-state index is 0.387. The van der Waals surface area contributed by atoms with Crippen LogP contribution in [0.3, 0.4) is 0 Å². The molecule has 16 heavy (non-hydrogen) atoms. The molecule has 0 spiro atoms. The summed E-state index contributed by atoms with van der Waals surface area (Å²) in [6, 6.07) is 7.01. The van der Waals surface area contributed by atoms with Crippen molar-refractivity contribution in [3.63, 3.8) is 0 Å². The molecule has 2 rings (SSSR count). The van der Waals surface area contributed by atoms with E-state index in [2.05, 4.69) is 20.5 Å². The molecule has 6 nitrogen and oxygen atoms in total. The molecule has 0 atom stereocenters. The highest BCUT2D eigenvalue weighted by Crippen LogP contribution is 2.15. The Morgan fingerprint density at radius 2 is 2.06 bits per heavy atom. The number of ether oxygens (including phenoxy) is 1. The van der Waals surface area contributed by atoms with Crippen LogP contribution in [0.2, 0.25) is 0 Å². The first kappa shape index (κ1) is 10.2. The third-order valence-electron chi connectivity index (χ3n) is 1.90. The number of aromatic nitrogens is 3. The minimum atomic E-state index is 0.387.